The van der Waals surface area contributed by atoms with Crippen LogP contribution < -0.4 is 11.1 Å². The van der Waals surface area contributed by atoms with Gasteiger partial charge in [0.05, 0.1) is 10.8 Å². The minimum absolute atomic E-state index is 0.206. The van der Waals surface area contributed by atoms with Gasteiger partial charge in [-0.15, -0.1) is 0 Å². The summed E-state index contributed by atoms with van der Waals surface area (Å²) >= 11 is 0. The number of nitrogens with one attached hydrogen (secondary N) is 1. The number of H-pyrrole nitrogens is 1. The molecule has 0 aliphatic rings. The summed E-state index contributed by atoms with van der Waals surface area (Å²) in [5, 5.41) is 3.12. The Hall–Kier alpha value is -3.15. The minimum Gasteiger partial charge on any atom is -0.340 e. The second kappa shape index (κ2) is 7.39. The van der Waals surface area contributed by atoms with Crippen molar-refractivity contribution in [2.45, 2.75) is 26.4 Å². The van der Waals surface area contributed by atoms with Crippen LogP contribution in [0.2, 0.25) is 0 Å². The van der Waals surface area contributed by atoms with Gasteiger partial charge in [0, 0.05) is 13.6 Å². The molecule has 3 aromatic rings. The first-order valence-electron chi connectivity index (χ1n) is 8.53. The van der Waals surface area contributed by atoms with E-state index in [0.717, 1.165) is 16.7 Å². The van der Waals surface area contributed by atoms with Crippen LogP contribution in [0.15, 0.2) is 58.1 Å². The van der Waals surface area contributed by atoms with E-state index >= 15 is 0 Å². The second-order valence-electron chi connectivity index (χ2n) is 6.30. The quantitative estimate of drug-likeness (QED) is 0.763. The highest BCUT2D eigenvalue weighted by Crippen LogP contribution is 2.08. The molecule has 0 aliphatic carbocycles. The normalized spacial score (nSPS) is 10.8. The summed E-state index contributed by atoms with van der Waals surface area (Å²) in [5.41, 5.74) is 1.49. The van der Waals surface area contributed by atoms with Crippen LogP contribution in [-0.4, -0.2) is 27.6 Å². The molecule has 0 atom stereocenters. The molecule has 0 unspecified atom stereocenters. The lowest BCUT2D eigenvalue weighted by molar-refractivity contribution is -0.131. The molecule has 134 valence electrons. The Balaban J connectivity index is 1.78. The van der Waals surface area contributed by atoms with E-state index in [1.807, 2.05) is 24.3 Å². The largest absolute Gasteiger partial charge is 0.340 e. The molecular weight excluding hydrogens is 330 g/mol. The first kappa shape index (κ1) is 17.7. The second-order valence-corrected chi connectivity index (χ2v) is 6.30. The summed E-state index contributed by atoms with van der Waals surface area (Å²) in [6, 6.07) is 14.6. The lowest BCUT2D eigenvalue weighted by Gasteiger charge is -2.18. The molecule has 2 aromatic carbocycles. The van der Waals surface area contributed by atoms with Gasteiger partial charge in [0.15, 0.2) is 0 Å². The summed E-state index contributed by atoms with van der Waals surface area (Å²) in [4.78, 5) is 38.6. The summed E-state index contributed by atoms with van der Waals surface area (Å²) in [6.45, 7) is 2.32. The van der Waals surface area contributed by atoms with Crippen molar-refractivity contribution in [3.63, 3.8) is 0 Å². The van der Waals surface area contributed by atoms with Crippen molar-refractivity contribution in [2.24, 2.45) is 0 Å². The average Bonchev–Trinajstić information content (AvgIpc) is 2.66. The maximum absolute atomic E-state index is 12.5. The molecule has 1 amide bonds. The number of hydrogen-bond donors (Lipinski definition) is 1. The van der Waals surface area contributed by atoms with Crippen LogP contribution in [0.25, 0.3) is 10.8 Å². The van der Waals surface area contributed by atoms with Crippen molar-refractivity contribution < 1.29 is 4.79 Å². The van der Waals surface area contributed by atoms with Crippen LogP contribution in [0.5, 0.6) is 0 Å². The molecule has 6 heteroatoms. The molecule has 0 radical (unpaired) electrons. The first-order valence-corrected chi connectivity index (χ1v) is 8.53. The summed E-state index contributed by atoms with van der Waals surface area (Å²) in [5.74, 6) is -0.252. The van der Waals surface area contributed by atoms with Crippen molar-refractivity contribution in [3.8, 4) is 0 Å². The van der Waals surface area contributed by atoms with Crippen LogP contribution in [0, 0.1) is 0 Å². The zero-order valence-electron chi connectivity index (χ0n) is 14.9. The van der Waals surface area contributed by atoms with Gasteiger partial charge in [-0.1, -0.05) is 43.3 Å². The van der Waals surface area contributed by atoms with E-state index < -0.39 is 0 Å². The van der Waals surface area contributed by atoms with E-state index in [1.54, 1.807) is 36.2 Å². The third-order valence-electron chi connectivity index (χ3n) is 4.45. The molecule has 0 saturated heterocycles. The lowest BCUT2D eigenvalue weighted by Crippen LogP contribution is -2.37. The van der Waals surface area contributed by atoms with Gasteiger partial charge in [-0.25, -0.2) is 4.68 Å². The highest BCUT2D eigenvalue weighted by Gasteiger charge is 2.13. The fraction of sp³-hybridized carbons (Fsp3) is 0.250. The van der Waals surface area contributed by atoms with Crippen LogP contribution in [0.3, 0.4) is 0 Å². The zero-order chi connectivity index (χ0) is 18.7. The van der Waals surface area contributed by atoms with Crippen molar-refractivity contribution in [3.05, 3.63) is 80.4 Å². The van der Waals surface area contributed by atoms with E-state index in [1.165, 1.54) is 5.56 Å². The van der Waals surface area contributed by atoms with Gasteiger partial charge in [-0.3, -0.25) is 19.5 Å². The third-order valence-corrected chi connectivity index (χ3v) is 4.45. The molecule has 0 aliphatic heterocycles. The summed E-state index contributed by atoms with van der Waals surface area (Å²) in [6.07, 6.45) is 0.966. The predicted octanol–water partition coefficient (Wildman–Crippen LogP) is 1.91. The number of fused-ring (bicyclic) bond motifs is 1. The topological polar surface area (TPSA) is 75.2 Å². The molecule has 1 heterocycles. The number of aromatic amines is 1. The van der Waals surface area contributed by atoms with E-state index in [2.05, 4.69) is 12.0 Å². The van der Waals surface area contributed by atoms with Crippen molar-refractivity contribution in [1.29, 1.82) is 0 Å². The average molecular weight is 351 g/mol. The number of aromatic nitrogens is 2. The van der Waals surface area contributed by atoms with Gasteiger partial charge in [0.2, 0.25) is 5.91 Å². The number of carbonyl (C=O) groups is 1. The van der Waals surface area contributed by atoms with Crippen molar-refractivity contribution in [2.75, 3.05) is 7.05 Å². The molecule has 1 aromatic heterocycles. The van der Waals surface area contributed by atoms with Crippen molar-refractivity contribution >= 4 is 16.7 Å². The molecule has 0 spiro atoms. The van der Waals surface area contributed by atoms with Gasteiger partial charge < -0.3 is 4.90 Å². The Morgan fingerprint density at radius 3 is 2.27 bits per heavy atom. The Kier molecular flexibility index (Phi) is 5.02. The number of carbonyl (C=O) groups excluding carboxylic acids is 1. The Morgan fingerprint density at radius 2 is 1.62 bits per heavy atom. The summed E-state index contributed by atoms with van der Waals surface area (Å²) in [7, 11) is 1.68. The molecule has 1 N–H and O–H groups in total. The molecule has 0 fully saturated rings. The molecule has 0 bridgehead atoms. The molecule has 6 nitrogen and oxygen atoms in total. The maximum Gasteiger partial charge on any atom is 0.273 e. The van der Waals surface area contributed by atoms with Gasteiger partial charge >= 0.3 is 0 Å². The number of rotatable bonds is 5. The van der Waals surface area contributed by atoms with Gasteiger partial charge in [-0.05, 0) is 29.7 Å². The summed E-state index contributed by atoms with van der Waals surface area (Å²) < 4.78 is 1.07. The lowest BCUT2D eigenvalue weighted by atomic mass is 10.1. The molecule has 26 heavy (non-hydrogen) atoms. The van der Waals surface area contributed by atoms with Gasteiger partial charge in [-0.2, -0.15) is 0 Å². The fourth-order valence-electron chi connectivity index (χ4n) is 2.86. The monoisotopic (exact) mass is 351 g/mol. The van der Waals surface area contributed by atoms with Gasteiger partial charge in [0.1, 0.15) is 6.54 Å². The van der Waals surface area contributed by atoms with E-state index in [-0.39, 0.29) is 23.6 Å². The molecule has 0 saturated carbocycles. The van der Waals surface area contributed by atoms with E-state index in [4.69, 9.17) is 0 Å². The fourth-order valence-corrected chi connectivity index (χ4v) is 2.86. The predicted molar refractivity (Wildman–Crippen MR) is 101 cm³/mol. The smallest absolute Gasteiger partial charge is 0.273 e. The highest BCUT2D eigenvalue weighted by molar-refractivity contribution is 5.81. The molecule has 3 rings (SSSR count). The van der Waals surface area contributed by atoms with Crippen LogP contribution >= 0.6 is 0 Å². The Morgan fingerprint density at radius 1 is 1.00 bits per heavy atom. The highest BCUT2D eigenvalue weighted by atomic mass is 16.2. The van der Waals surface area contributed by atoms with E-state index in [0.29, 0.717) is 17.3 Å². The van der Waals surface area contributed by atoms with Crippen molar-refractivity contribution in [1.82, 2.24) is 14.7 Å². The number of likely N-dealkylation sites (N-methyl/N-ethyl adjacent to an activating group) is 1. The Bertz CT molecular complexity index is 1050. The van der Waals surface area contributed by atoms with E-state index in [9.17, 15) is 14.4 Å². The standard InChI is InChI=1S/C20H21N3O3/c1-3-14-8-10-15(11-9-14)12-22(2)18(24)13-23-20(26)17-7-5-4-6-16(17)19(25)21-23/h4-11H,3,12-13H2,1-2H3,(H,21,25). The van der Waals surface area contributed by atoms with Crippen LogP contribution in [0.4, 0.5) is 0 Å². The SMILES string of the molecule is CCc1ccc(CN(C)C(=O)Cn2[nH]c(=O)c3ccccc3c2=O)cc1. The third kappa shape index (κ3) is 3.59. The Labute approximate surface area is 150 Å². The van der Waals surface area contributed by atoms with Crippen LogP contribution in [-0.2, 0) is 24.3 Å². The number of aryl methyl sites for hydroxylation is 1. The number of benzene rings is 2. The first-order chi connectivity index (χ1) is 12.5. The minimum atomic E-state index is -0.384. The number of hydrogen-bond acceptors (Lipinski definition) is 3. The zero-order valence-corrected chi connectivity index (χ0v) is 14.9. The number of amides is 1. The molecular formula is C20H21N3O3. The number of nitrogens with zero attached hydrogens (tertiary/aromatic N) is 2. The van der Waals surface area contributed by atoms with Gasteiger partial charge in [0.25, 0.3) is 11.1 Å². The van der Waals surface area contributed by atoms with Crippen LogP contribution in [0.1, 0.15) is 18.1 Å². The maximum atomic E-state index is 12.5.